The van der Waals surface area contributed by atoms with Crippen LogP contribution in [0.25, 0.3) is 22.5 Å². The van der Waals surface area contributed by atoms with Crippen LogP contribution in [0.5, 0.6) is 11.5 Å². The van der Waals surface area contributed by atoms with Crippen LogP contribution < -0.4 is 47.9 Å². The van der Waals surface area contributed by atoms with Crippen molar-refractivity contribution < 1.29 is 33.4 Å². The van der Waals surface area contributed by atoms with E-state index in [9.17, 15) is 29.2 Å². The molecule has 0 unspecified atom stereocenters. The molecule has 3 aromatic carbocycles. The van der Waals surface area contributed by atoms with Gasteiger partial charge in [0.2, 0.25) is 23.6 Å². The lowest BCUT2D eigenvalue weighted by Crippen LogP contribution is -2.56. The number of carbonyl (C=O) groups is 5. The van der Waals surface area contributed by atoms with Crippen molar-refractivity contribution in [1.29, 1.82) is 5.26 Å². The number of nitriles is 1. The van der Waals surface area contributed by atoms with Crippen LogP contribution in [0.15, 0.2) is 60.7 Å². The molecule has 18 nitrogen and oxygen atoms in total. The number of nitrogens with two attached hydrogens (primary N) is 3. The zero-order chi connectivity index (χ0) is 49.7. The van der Waals surface area contributed by atoms with E-state index in [0.717, 1.165) is 11.1 Å². The molecule has 4 bridgehead atoms. The summed E-state index contributed by atoms with van der Waals surface area (Å²) < 4.78 is 12.2. The maximum atomic E-state index is 14.8. The quantitative estimate of drug-likeness (QED) is 0.0752. The molecule has 4 aromatic rings. The van der Waals surface area contributed by atoms with Crippen LogP contribution in [0.1, 0.15) is 91.9 Å². The van der Waals surface area contributed by atoms with E-state index in [1.807, 2.05) is 37.3 Å². The van der Waals surface area contributed by atoms with Gasteiger partial charge in [0.15, 0.2) is 5.82 Å². The number of fused-ring (bicyclic) bond motifs is 5. The topological polar surface area (TPSA) is 283 Å². The van der Waals surface area contributed by atoms with Gasteiger partial charge in [-0.15, -0.1) is 0 Å². The highest BCUT2D eigenvalue weighted by molar-refractivity contribution is 6.00. The minimum Gasteiger partial charge on any atom is -0.492 e. The largest absolute Gasteiger partial charge is 0.492 e. The highest BCUT2D eigenvalue weighted by Crippen LogP contribution is 2.40. The lowest BCUT2D eigenvalue weighted by atomic mass is 9.86. The van der Waals surface area contributed by atoms with Crippen molar-refractivity contribution in [2.75, 3.05) is 46.4 Å². The van der Waals surface area contributed by atoms with E-state index in [2.05, 4.69) is 42.0 Å². The highest BCUT2D eigenvalue weighted by Gasteiger charge is 2.36. The summed E-state index contributed by atoms with van der Waals surface area (Å²) >= 11 is 0. The van der Waals surface area contributed by atoms with Gasteiger partial charge in [-0.1, -0.05) is 70.5 Å². The summed E-state index contributed by atoms with van der Waals surface area (Å²) in [7, 11) is 1.43. The van der Waals surface area contributed by atoms with E-state index < -0.39 is 53.7 Å². The zero-order valence-corrected chi connectivity index (χ0v) is 40.0. The first-order valence-electron chi connectivity index (χ1n) is 22.9. The second-order valence-electron chi connectivity index (χ2n) is 17.7. The van der Waals surface area contributed by atoms with Gasteiger partial charge < -0.3 is 52.8 Å². The van der Waals surface area contributed by atoms with Crippen LogP contribution in [0.2, 0.25) is 0 Å². The van der Waals surface area contributed by atoms with Gasteiger partial charge in [0, 0.05) is 43.2 Å². The normalized spacial score (nSPS) is 16.5. The predicted octanol–water partition coefficient (Wildman–Crippen LogP) is 2.88. The van der Waals surface area contributed by atoms with Crippen LogP contribution in [-0.4, -0.2) is 109 Å². The average Bonchev–Trinajstić information content (AvgIpc) is 3.31. The van der Waals surface area contributed by atoms with Crippen molar-refractivity contribution in [2.24, 2.45) is 17.2 Å². The molecule has 0 aliphatic carbocycles. The molecule has 5 amide bonds. The zero-order valence-electron chi connectivity index (χ0n) is 40.0. The van der Waals surface area contributed by atoms with Crippen molar-refractivity contribution in [2.45, 2.75) is 96.8 Å². The number of carbonyl (C=O) groups excluding carboxylic acids is 5. The van der Waals surface area contributed by atoms with Gasteiger partial charge >= 0.3 is 0 Å². The minimum atomic E-state index is -1.41. The van der Waals surface area contributed by atoms with Gasteiger partial charge in [-0.3, -0.25) is 24.0 Å². The molecule has 18 heteroatoms. The number of aryl methyl sites for hydroxylation is 2. The van der Waals surface area contributed by atoms with Crippen LogP contribution >= 0.6 is 0 Å². The third kappa shape index (κ3) is 12.7. The van der Waals surface area contributed by atoms with Crippen molar-refractivity contribution in [1.82, 2.24) is 36.1 Å². The Morgan fingerprint density at radius 3 is 2.16 bits per heavy atom. The van der Waals surface area contributed by atoms with E-state index in [4.69, 9.17) is 36.6 Å². The molecule has 362 valence electrons. The number of hydrogen-bond donors (Lipinski definition) is 7. The molecule has 0 spiro atoms. The molecule has 1 aliphatic heterocycles. The lowest BCUT2D eigenvalue weighted by Gasteiger charge is -2.32. The number of aromatic nitrogens is 2. The third-order valence-corrected chi connectivity index (χ3v) is 11.5. The molecular weight excluding hydrogens is 867 g/mol. The van der Waals surface area contributed by atoms with Gasteiger partial charge in [-0.2, -0.15) is 5.26 Å². The van der Waals surface area contributed by atoms with Crippen molar-refractivity contribution in [3.8, 4) is 40.1 Å². The van der Waals surface area contributed by atoms with Gasteiger partial charge in [-0.05, 0) is 79.6 Å². The van der Waals surface area contributed by atoms with Crippen molar-refractivity contribution >= 4 is 29.5 Å². The first kappa shape index (κ1) is 52.0. The Morgan fingerprint density at radius 2 is 1.56 bits per heavy atom. The SMILES string of the molecule is CCCc1nc(-c2ccc(C(C)(C)C)cc2)nc(C)c1C(=O)N[C@@H](CCN)C(=O)N(C)[C@@H]1C(=O)N[C@@H](C)C(=O)N[C@H](C(=O)NCC#N)Cc2ccc(OCCN)c(c2)-c2cc1ccc2OCCN. The molecule has 4 atom stereocenters. The number of ether oxygens (including phenoxy) is 2. The average molecular weight is 932 g/mol. The molecule has 5 rings (SSSR count). The first-order chi connectivity index (χ1) is 32.4. The van der Waals surface area contributed by atoms with Gasteiger partial charge in [0.05, 0.1) is 23.0 Å². The smallest absolute Gasteiger partial charge is 0.255 e. The van der Waals surface area contributed by atoms with Crippen molar-refractivity contribution in [3.63, 3.8) is 0 Å². The molecular formula is C50H65N11O7. The summed E-state index contributed by atoms with van der Waals surface area (Å²) in [6, 6.07) is 15.1. The van der Waals surface area contributed by atoms with Crippen LogP contribution in [0, 0.1) is 18.3 Å². The van der Waals surface area contributed by atoms with E-state index in [-0.39, 0.29) is 63.2 Å². The van der Waals surface area contributed by atoms with Gasteiger partial charge in [-0.25, -0.2) is 9.97 Å². The van der Waals surface area contributed by atoms with Crippen molar-refractivity contribution in [3.05, 3.63) is 94.3 Å². The molecule has 1 aliphatic rings. The maximum absolute atomic E-state index is 14.8. The third-order valence-electron chi connectivity index (χ3n) is 11.5. The van der Waals surface area contributed by atoms with E-state index in [1.54, 1.807) is 43.3 Å². The Morgan fingerprint density at radius 1 is 0.912 bits per heavy atom. The number of benzene rings is 3. The summed E-state index contributed by atoms with van der Waals surface area (Å²) in [6.07, 6.45) is 1.15. The fraction of sp³-hybridized carbons (Fsp3) is 0.440. The Hall–Kier alpha value is -6.94. The summed E-state index contributed by atoms with van der Waals surface area (Å²) in [5.74, 6) is -2.05. The summed E-state index contributed by atoms with van der Waals surface area (Å²) in [4.78, 5) is 81.9. The minimum absolute atomic E-state index is 0.00173. The molecule has 10 N–H and O–H groups in total. The van der Waals surface area contributed by atoms with Crippen LogP contribution in [0.4, 0.5) is 0 Å². The molecule has 0 saturated heterocycles. The highest BCUT2D eigenvalue weighted by atomic mass is 16.5. The van der Waals surface area contributed by atoms with Gasteiger partial charge in [0.25, 0.3) is 5.91 Å². The second-order valence-corrected chi connectivity index (χ2v) is 17.7. The monoisotopic (exact) mass is 932 g/mol. The molecule has 68 heavy (non-hydrogen) atoms. The fourth-order valence-corrected chi connectivity index (χ4v) is 7.95. The van der Waals surface area contributed by atoms with Gasteiger partial charge in [0.1, 0.15) is 55.4 Å². The molecule has 0 fully saturated rings. The number of nitrogens with one attached hydrogen (secondary N) is 4. The number of amides is 5. The first-order valence-corrected chi connectivity index (χ1v) is 22.9. The Kier molecular flexibility index (Phi) is 18.1. The van der Waals surface area contributed by atoms with E-state index >= 15 is 0 Å². The molecule has 1 aromatic heterocycles. The van der Waals surface area contributed by atoms with E-state index in [1.165, 1.54) is 18.9 Å². The maximum Gasteiger partial charge on any atom is 0.255 e. The summed E-state index contributed by atoms with van der Waals surface area (Å²) in [6.45, 7) is 11.9. The summed E-state index contributed by atoms with van der Waals surface area (Å²) in [5.41, 5.74) is 22.8. The predicted molar refractivity (Wildman–Crippen MR) is 258 cm³/mol. The number of rotatable bonds is 17. The molecule has 2 heterocycles. The summed E-state index contributed by atoms with van der Waals surface area (Å²) in [5, 5.41) is 20.0. The molecule has 0 radical (unpaired) electrons. The second kappa shape index (κ2) is 23.7. The Bertz CT molecular complexity index is 2500. The van der Waals surface area contributed by atoms with Crippen LogP contribution in [-0.2, 0) is 37.4 Å². The standard InChI is InChI=1S/C50H65N11O7/c1-8-9-37-42(29(2)56-44(58-37)32-11-14-34(15-12-32)50(4,5)6)47(64)59-38(18-19-51)49(66)61(7)43-33-13-17-41(68-25-22-54)36(28-33)35-26-31(10-16-40(35)67-24-21-53)27-39(46(63)55-23-20-52)60-45(62)30(3)57-48(43)65/h10-17,26,28,30,38-39,43H,8-9,18-19,21-25,27,51,53-54H2,1-7H3,(H,55,63)(H,57,65)(H,59,64)(H,60,62)/t30-,38-,39-,43-/m0/s1. The lowest BCUT2D eigenvalue weighted by molar-refractivity contribution is -0.141. The number of nitrogens with zero attached hydrogens (tertiary/aromatic N) is 4. The number of likely N-dealkylation sites (N-methyl/N-ethyl adjacent to an activating group) is 1. The number of hydrogen-bond acceptors (Lipinski definition) is 13. The van der Waals surface area contributed by atoms with Crippen LogP contribution in [0.3, 0.4) is 0 Å². The fourth-order valence-electron chi connectivity index (χ4n) is 7.95. The molecule has 0 saturated carbocycles. The Labute approximate surface area is 398 Å². The Balaban J connectivity index is 1.59. The van der Waals surface area contributed by atoms with E-state index in [0.29, 0.717) is 63.8 Å².